The number of H-pyrrole nitrogens is 1. The number of fused-ring (bicyclic) bond motifs is 1. The lowest BCUT2D eigenvalue weighted by Gasteiger charge is -1.98. The quantitative estimate of drug-likeness (QED) is 0.647. The summed E-state index contributed by atoms with van der Waals surface area (Å²) in [4.78, 5) is 22.4. The second-order valence-corrected chi connectivity index (χ2v) is 4.72. The molecule has 2 N–H and O–H groups in total. The number of hydrogen-bond donors (Lipinski definition) is 2. The Kier molecular flexibility index (Phi) is 2.54. The van der Waals surface area contributed by atoms with Gasteiger partial charge in [-0.1, -0.05) is 6.07 Å². The first-order valence-electron chi connectivity index (χ1n) is 5.08. The van der Waals surface area contributed by atoms with E-state index in [1.807, 2.05) is 28.8 Å². The molecule has 0 aliphatic carbocycles. The average Bonchev–Trinajstić information content (AvgIpc) is 2.79. The van der Waals surface area contributed by atoms with E-state index in [0.29, 0.717) is 5.69 Å². The van der Waals surface area contributed by atoms with Gasteiger partial charge in [0.2, 0.25) is 5.88 Å². The second-order valence-electron chi connectivity index (χ2n) is 3.64. The first kappa shape index (κ1) is 11.2. The molecule has 0 aliphatic heterocycles. The Morgan fingerprint density at radius 3 is 2.89 bits per heavy atom. The van der Waals surface area contributed by atoms with Crippen molar-refractivity contribution >= 4 is 28.2 Å². The molecule has 7 heteroatoms. The Bertz CT molecular complexity index is 760. The molecule has 0 spiro atoms. The number of halogens is 1. The van der Waals surface area contributed by atoms with E-state index in [1.165, 1.54) is 0 Å². The average molecular weight is 354 g/mol. The number of aromatic nitrogens is 4. The third kappa shape index (κ3) is 1.76. The van der Waals surface area contributed by atoms with Gasteiger partial charge in [-0.15, -0.1) is 0 Å². The minimum absolute atomic E-state index is 0.167. The van der Waals surface area contributed by atoms with Crippen molar-refractivity contribution in [2.24, 2.45) is 0 Å². The molecule has 0 radical (unpaired) electrons. The van der Waals surface area contributed by atoms with Crippen molar-refractivity contribution in [3.05, 3.63) is 44.5 Å². The number of hydrogen-bond acceptors (Lipinski definition) is 4. The Morgan fingerprint density at radius 2 is 2.17 bits per heavy atom. The Hall–Kier alpha value is -1.90. The van der Waals surface area contributed by atoms with Crippen molar-refractivity contribution in [2.45, 2.75) is 0 Å². The largest absolute Gasteiger partial charge is 0.492 e. The maximum Gasteiger partial charge on any atom is 0.268 e. The molecule has 0 unspecified atom stereocenters. The highest BCUT2D eigenvalue weighted by Crippen LogP contribution is 2.18. The number of nitrogens with zero attached hydrogens (tertiary/aromatic N) is 3. The summed E-state index contributed by atoms with van der Waals surface area (Å²) < 4.78 is 1.98. The van der Waals surface area contributed by atoms with Gasteiger partial charge in [0.25, 0.3) is 5.56 Å². The molecule has 6 nitrogen and oxygen atoms in total. The fourth-order valence-corrected chi connectivity index (χ4v) is 1.87. The predicted molar refractivity (Wildman–Crippen MR) is 73.4 cm³/mol. The molecule has 0 bridgehead atoms. The fraction of sp³-hybridized carbons (Fsp3) is 0. The van der Waals surface area contributed by atoms with Crippen LogP contribution < -0.4 is 5.56 Å². The smallest absolute Gasteiger partial charge is 0.268 e. The van der Waals surface area contributed by atoms with Gasteiger partial charge in [0.1, 0.15) is 14.9 Å². The van der Waals surface area contributed by atoms with Crippen molar-refractivity contribution in [1.29, 1.82) is 0 Å². The summed E-state index contributed by atoms with van der Waals surface area (Å²) in [5, 5.41) is 9.54. The predicted octanol–water partition coefficient (Wildman–Crippen LogP) is 1.39. The summed E-state index contributed by atoms with van der Waals surface area (Å²) in [6.07, 6.45) is 3.58. The number of pyridine rings is 1. The van der Waals surface area contributed by atoms with E-state index < -0.39 is 0 Å². The van der Waals surface area contributed by atoms with E-state index in [9.17, 15) is 9.90 Å². The summed E-state index contributed by atoms with van der Waals surface area (Å²) >= 11 is 1.74. The lowest BCUT2D eigenvalue weighted by molar-refractivity contribution is 0.447. The number of nitrogens with one attached hydrogen (secondary N) is 1. The van der Waals surface area contributed by atoms with Crippen LogP contribution in [-0.4, -0.2) is 24.5 Å². The van der Waals surface area contributed by atoms with Crippen molar-refractivity contribution in [1.82, 2.24) is 19.4 Å². The van der Waals surface area contributed by atoms with Gasteiger partial charge in [0.05, 0.1) is 0 Å². The Morgan fingerprint density at radius 1 is 1.33 bits per heavy atom. The van der Waals surface area contributed by atoms with Crippen molar-refractivity contribution < 1.29 is 5.11 Å². The van der Waals surface area contributed by atoms with Crippen LogP contribution in [0, 0.1) is 3.57 Å². The molecule has 0 aromatic carbocycles. The van der Waals surface area contributed by atoms with Crippen LogP contribution in [0.1, 0.15) is 0 Å². The summed E-state index contributed by atoms with van der Waals surface area (Å²) in [6.45, 7) is 0. The first-order chi connectivity index (χ1) is 8.65. The van der Waals surface area contributed by atoms with Gasteiger partial charge in [-0.25, -0.2) is 4.98 Å². The van der Waals surface area contributed by atoms with Gasteiger partial charge in [-0.05, 0) is 34.7 Å². The van der Waals surface area contributed by atoms with E-state index >= 15 is 0 Å². The minimum atomic E-state index is -0.379. The standard InChI is InChI=1S/C11H7IN4O2/c12-8-10(17)14-9(15-11(8)18)6-5-16-4-2-1-3-7(16)13-6/h1-5H,(H2,14,15,17,18). The topological polar surface area (TPSA) is 83.3 Å². The Balaban J connectivity index is 2.23. The molecule has 3 aromatic heterocycles. The Labute approximate surface area is 114 Å². The molecule has 0 saturated heterocycles. The van der Waals surface area contributed by atoms with Crippen LogP contribution in [0.5, 0.6) is 5.88 Å². The maximum absolute atomic E-state index is 11.6. The molecule has 0 fully saturated rings. The maximum atomic E-state index is 11.6. The second kappa shape index (κ2) is 4.09. The molecule has 18 heavy (non-hydrogen) atoms. The minimum Gasteiger partial charge on any atom is -0.492 e. The SMILES string of the molecule is O=c1[nH]c(-c2cn3ccccc3n2)nc(O)c1I. The zero-order chi connectivity index (χ0) is 12.7. The van der Waals surface area contributed by atoms with Crippen LogP contribution in [0.15, 0.2) is 35.4 Å². The van der Waals surface area contributed by atoms with Crippen LogP contribution in [0.2, 0.25) is 0 Å². The van der Waals surface area contributed by atoms with Crippen molar-refractivity contribution in [3.8, 4) is 17.4 Å². The molecule has 0 atom stereocenters. The fourth-order valence-electron chi connectivity index (χ4n) is 1.62. The third-order valence-corrected chi connectivity index (χ3v) is 3.42. The lowest BCUT2D eigenvalue weighted by atomic mass is 10.4. The zero-order valence-corrected chi connectivity index (χ0v) is 11.1. The molecular formula is C11H7IN4O2. The van der Waals surface area contributed by atoms with Crippen LogP contribution in [0.3, 0.4) is 0 Å². The zero-order valence-electron chi connectivity index (χ0n) is 8.96. The highest BCUT2D eigenvalue weighted by atomic mass is 127. The normalized spacial score (nSPS) is 10.9. The van der Waals surface area contributed by atoms with Gasteiger partial charge in [0.15, 0.2) is 5.82 Å². The number of rotatable bonds is 1. The molecular weight excluding hydrogens is 347 g/mol. The summed E-state index contributed by atoms with van der Waals surface area (Å²) in [5.41, 5.74) is 0.869. The van der Waals surface area contributed by atoms with Gasteiger partial charge >= 0.3 is 0 Å². The van der Waals surface area contributed by atoms with Crippen molar-refractivity contribution in [3.63, 3.8) is 0 Å². The number of aromatic hydroxyl groups is 1. The number of aromatic amines is 1. The molecule has 3 rings (SSSR count). The molecule has 0 amide bonds. The van der Waals surface area contributed by atoms with E-state index in [0.717, 1.165) is 5.65 Å². The highest BCUT2D eigenvalue weighted by molar-refractivity contribution is 14.1. The van der Waals surface area contributed by atoms with Crippen LogP contribution in [-0.2, 0) is 0 Å². The van der Waals surface area contributed by atoms with Gasteiger partial charge < -0.3 is 14.5 Å². The molecule has 0 saturated carbocycles. The molecule has 3 aromatic rings. The lowest BCUT2D eigenvalue weighted by Crippen LogP contribution is -2.12. The van der Waals surface area contributed by atoms with Crippen LogP contribution in [0.4, 0.5) is 0 Å². The highest BCUT2D eigenvalue weighted by Gasteiger charge is 2.11. The molecule has 3 heterocycles. The van der Waals surface area contributed by atoms with Gasteiger partial charge in [-0.3, -0.25) is 4.79 Å². The third-order valence-electron chi connectivity index (χ3n) is 2.45. The van der Waals surface area contributed by atoms with Gasteiger partial charge in [-0.2, -0.15) is 4.98 Å². The summed E-state index contributed by atoms with van der Waals surface area (Å²) in [7, 11) is 0. The first-order valence-corrected chi connectivity index (χ1v) is 6.16. The molecule has 90 valence electrons. The van der Waals surface area contributed by atoms with E-state index in [2.05, 4.69) is 15.0 Å². The van der Waals surface area contributed by atoms with Gasteiger partial charge in [0, 0.05) is 12.4 Å². The van der Waals surface area contributed by atoms with Crippen molar-refractivity contribution in [2.75, 3.05) is 0 Å². The summed E-state index contributed by atoms with van der Waals surface area (Å²) in [6, 6.07) is 5.59. The summed E-state index contributed by atoms with van der Waals surface area (Å²) in [5.74, 6) is -0.0342. The number of imidazole rings is 1. The molecule has 0 aliphatic rings. The van der Waals surface area contributed by atoms with Crippen LogP contribution in [0.25, 0.3) is 17.2 Å². The van der Waals surface area contributed by atoms with E-state index in [4.69, 9.17) is 0 Å². The monoisotopic (exact) mass is 354 g/mol. The van der Waals surface area contributed by atoms with Crippen LogP contribution >= 0.6 is 22.6 Å². The van der Waals surface area contributed by atoms with E-state index in [-0.39, 0.29) is 20.8 Å². The van der Waals surface area contributed by atoms with E-state index in [1.54, 1.807) is 28.8 Å².